The van der Waals surface area contributed by atoms with Gasteiger partial charge in [-0.2, -0.15) is 0 Å². The Morgan fingerprint density at radius 2 is 1.31 bits per heavy atom. The first-order chi connectivity index (χ1) is 5.98. The maximum absolute atomic E-state index is 2.36. The van der Waals surface area contributed by atoms with Gasteiger partial charge in [-0.3, -0.25) is 0 Å². The van der Waals surface area contributed by atoms with Crippen LogP contribution in [-0.4, -0.2) is 18.6 Å². The van der Waals surface area contributed by atoms with Crippen LogP contribution in [-0.2, 0) is 13.1 Å². The number of rotatable bonds is 0. The van der Waals surface area contributed by atoms with E-state index in [-0.39, 0.29) is 0 Å². The first kappa shape index (κ1) is 8.76. The third-order valence-corrected chi connectivity index (χ3v) is 3.01. The van der Waals surface area contributed by atoms with Crippen molar-refractivity contribution < 1.29 is 4.48 Å². The smallest absolute Gasteiger partial charge is 0.105 e. The maximum atomic E-state index is 2.36. The Morgan fingerprint density at radius 3 is 1.69 bits per heavy atom. The topological polar surface area (TPSA) is 0 Å². The molecule has 0 aliphatic carbocycles. The Balaban J connectivity index is 2.48. The van der Waals surface area contributed by atoms with Crippen LogP contribution in [0.5, 0.6) is 0 Å². The molecule has 1 aromatic carbocycles. The third kappa shape index (κ3) is 1.49. The lowest BCUT2D eigenvalue weighted by molar-refractivity contribution is -0.910. The van der Waals surface area contributed by atoms with E-state index in [1.54, 1.807) is 11.1 Å². The minimum absolute atomic E-state index is 1.11. The molecular weight excluding hydrogens is 158 g/mol. The monoisotopic (exact) mass is 176 g/mol. The Bertz CT molecular complexity index is 317. The minimum Gasteiger partial charge on any atom is -0.321 e. The number of aryl methyl sites for hydroxylation is 2. The van der Waals surface area contributed by atoms with Crippen molar-refractivity contribution in [1.82, 2.24) is 0 Å². The zero-order chi connectivity index (χ0) is 9.64. The molecule has 0 saturated carbocycles. The first-order valence-electron chi connectivity index (χ1n) is 4.89. The molecule has 0 bridgehead atoms. The van der Waals surface area contributed by atoms with Crippen molar-refractivity contribution in [2.24, 2.45) is 0 Å². The molecule has 0 unspecified atom stereocenters. The average molecular weight is 176 g/mol. The van der Waals surface area contributed by atoms with Gasteiger partial charge in [-0.1, -0.05) is 0 Å². The van der Waals surface area contributed by atoms with E-state index in [0.29, 0.717) is 0 Å². The van der Waals surface area contributed by atoms with Gasteiger partial charge in [-0.25, -0.2) is 0 Å². The zero-order valence-electron chi connectivity index (χ0n) is 9.02. The quantitative estimate of drug-likeness (QED) is 0.532. The van der Waals surface area contributed by atoms with Gasteiger partial charge in [0.25, 0.3) is 0 Å². The lowest BCUT2D eigenvalue weighted by Gasteiger charge is -2.22. The molecule has 0 aromatic heterocycles. The summed E-state index contributed by atoms with van der Waals surface area (Å²) in [6.07, 6.45) is 0. The van der Waals surface area contributed by atoms with Crippen LogP contribution >= 0.6 is 0 Å². The predicted molar refractivity (Wildman–Crippen MR) is 55.4 cm³/mol. The van der Waals surface area contributed by atoms with Crippen LogP contribution in [0.25, 0.3) is 0 Å². The molecule has 1 aliphatic heterocycles. The van der Waals surface area contributed by atoms with E-state index in [9.17, 15) is 0 Å². The number of hydrogen-bond acceptors (Lipinski definition) is 0. The lowest BCUT2D eigenvalue weighted by atomic mass is 10.0. The molecule has 0 saturated heterocycles. The molecule has 1 heterocycles. The largest absolute Gasteiger partial charge is 0.321 e. The summed E-state index contributed by atoms with van der Waals surface area (Å²) in [7, 11) is 4.59. The summed E-state index contributed by atoms with van der Waals surface area (Å²) in [6, 6.07) is 4.72. The van der Waals surface area contributed by atoms with Crippen LogP contribution in [0.3, 0.4) is 0 Å². The van der Waals surface area contributed by atoms with E-state index in [2.05, 4.69) is 40.1 Å². The molecule has 0 amide bonds. The highest BCUT2D eigenvalue weighted by molar-refractivity contribution is 5.37. The fourth-order valence-corrected chi connectivity index (χ4v) is 2.21. The van der Waals surface area contributed by atoms with E-state index in [4.69, 9.17) is 0 Å². The Hall–Kier alpha value is -0.820. The van der Waals surface area contributed by atoms with Gasteiger partial charge >= 0.3 is 0 Å². The van der Waals surface area contributed by atoms with Crippen LogP contribution < -0.4 is 0 Å². The molecule has 13 heavy (non-hydrogen) atoms. The highest BCUT2D eigenvalue weighted by Gasteiger charge is 2.27. The van der Waals surface area contributed by atoms with Crippen LogP contribution in [0.2, 0.25) is 0 Å². The summed E-state index contributed by atoms with van der Waals surface area (Å²) in [5.74, 6) is 0. The molecule has 70 valence electrons. The number of quaternary nitrogens is 1. The van der Waals surface area contributed by atoms with Gasteiger partial charge in [0, 0.05) is 11.1 Å². The second kappa shape index (κ2) is 2.58. The molecule has 0 N–H and O–H groups in total. The summed E-state index contributed by atoms with van der Waals surface area (Å²) < 4.78 is 1.11. The van der Waals surface area contributed by atoms with E-state index in [0.717, 1.165) is 4.48 Å². The highest BCUT2D eigenvalue weighted by Crippen LogP contribution is 2.28. The van der Waals surface area contributed by atoms with Crippen molar-refractivity contribution in [3.8, 4) is 0 Å². The summed E-state index contributed by atoms with van der Waals surface area (Å²) >= 11 is 0. The van der Waals surface area contributed by atoms with Gasteiger partial charge in [0.1, 0.15) is 13.1 Å². The second-order valence-corrected chi connectivity index (χ2v) is 4.96. The number of benzene rings is 1. The Kier molecular flexibility index (Phi) is 1.74. The van der Waals surface area contributed by atoms with Crippen LogP contribution in [0.1, 0.15) is 22.3 Å². The van der Waals surface area contributed by atoms with Gasteiger partial charge < -0.3 is 4.48 Å². The molecule has 2 rings (SSSR count). The molecule has 0 atom stereocenters. The third-order valence-electron chi connectivity index (χ3n) is 3.01. The van der Waals surface area contributed by atoms with Crippen molar-refractivity contribution in [2.45, 2.75) is 26.9 Å². The average Bonchev–Trinajstić information content (AvgIpc) is 2.24. The van der Waals surface area contributed by atoms with Gasteiger partial charge in [0.2, 0.25) is 0 Å². The van der Waals surface area contributed by atoms with Crippen LogP contribution in [0.15, 0.2) is 12.1 Å². The van der Waals surface area contributed by atoms with Gasteiger partial charge in [-0.15, -0.1) is 0 Å². The van der Waals surface area contributed by atoms with Gasteiger partial charge in [0.05, 0.1) is 14.1 Å². The Morgan fingerprint density at radius 1 is 0.923 bits per heavy atom. The van der Waals surface area contributed by atoms with Crippen molar-refractivity contribution in [2.75, 3.05) is 14.1 Å². The maximum Gasteiger partial charge on any atom is 0.105 e. The fraction of sp³-hybridized carbons (Fsp3) is 0.500. The Labute approximate surface area is 80.6 Å². The number of fused-ring (bicyclic) bond motifs is 1. The fourth-order valence-electron chi connectivity index (χ4n) is 2.21. The van der Waals surface area contributed by atoms with Crippen molar-refractivity contribution in [3.05, 3.63) is 34.4 Å². The normalized spacial score (nSPS) is 18.8. The molecule has 1 nitrogen and oxygen atoms in total. The second-order valence-electron chi connectivity index (χ2n) is 4.96. The minimum atomic E-state index is 1.11. The summed E-state index contributed by atoms with van der Waals surface area (Å²) in [5, 5.41) is 0. The molecule has 1 heteroatoms. The van der Waals surface area contributed by atoms with Crippen molar-refractivity contribution in [3.63, 3.8) is 0 Å². The molecule has 1 aromatic rings. The standard InChI is InChI=1S/C12H18N/c1-9-5-11-7-13(3,4)8-12(11)6-10(9)2/h5-6H,7-8H2,1-4H3/q+1. The van der Waals surface area contributed by atoms with E-state index >= 15 is 0 Å². The molecule has 1 aliphatic rings. The summed E-state index contributed by atoms with van der Waals surface area (Å²) in [6.45, 7) is 6.79. The predicted octanol–water partition coefficient (Wildman–Crippen LogP) is 2.39. The van der Waals surface area contributed by atoms with Crippen LogP contribution in [0, 0.1) is 13.8 Å². The number of hydrogen-bond donors (Lipinski definition) is 0. The zero-order valence-corrected chi connectivity index (χ0v) is 9.02. The van der Waals surface area contributed by atoms with E-state index in [1.165, 1.54) is 24.2 Å². The van der Waals surface area contributed by atoms with E-state index in [1.807, 2.05) is 0 Å². The van der Waals surface area contributed by atoms with Crippen molar-refractivity contribution >= 4 is 0 Å². The van der Waals surface area contributed by atoms with Gasteiger partial charge in [-0.05, 0) is 37.1 Å². The van der Waals surface area contributed by atoms with Crippen LogP contribution in [0.4, 0.5) is 0 Å². The summed E-state index contributed by atoms with van der Waals surface area (Å²) in [5.41, 5.74) is 5.96. The van der Waals surface area contributed by atoms with Gasteiger partial charge in [0.15, 0.2) is 0 Å². The number of nitrogens with zero attached hydrogens (tertiary/aromatic N) is 1. The molecule has 0 radical (unpaired) electrons. The van der Waals surface area contributed by atoms with Crippen molar-refractivity contribution in [1.29, 1.82) is 0 Å². The summed E-state index contributed by atoms with van der Waals surface area (Å²) in [4.78, 5) is 0. The molecular formula is C12H18N+. The first-order valence-corrected chi connectivity index (χ1v) is 4.89. The molecule has 0 spiro atoms. The molecule has 0 fully saturated rings. The lowest BCUT2D eigenvalue weighted by Crippen LogP contribution is -2.32. The van der Waals surface area contributed by atoms with E-state index < -0.39 is 0 Å². The SMILES string of the molecule is Cc1cc2c(cc1C)C[N+](C)(C)C2. The highest BCUT2D eigenvalue weighted by atomic mass is 15.3.